The van der Waals surface area contributed by atoms with Crippen molar-refractivity contribution in [3.63, 3.8) is 0 Å². The monoisotopic (exact) mass is 406 g/mol. The van der Waals surface area contributed by atoms with Crippen molar-refractivity contribution < 1.29 is 17.7 Å². The van der Waals surface area contributed by atoms with E-state index in [1.807, 2.05) is 24.3 Å². The summed E-state index contributed by atoms with van der Waals surface area (Å²) in [5, 5.41) is 4.86. The number of benzene rings is 1. The van der Waals surface area contributed by atoms with Crippen LogP contribution < -0.4 is 0 Å². The van der Waals surface area contributed by atoms with E-state index in [0.717, 1.165) is 31.1 Å². The Hall–Kier alpha value is -1.97. The van der Waals surface area contributed by atoms with Gasteiger partial charge in [0.15, 0.2) is 5.58 Å². The highest BCUT2D eigenvalue weighted by Gasteiger charge is 2.33. The van der Waals surface area contributed by atoms with Crippen molar-refractivity contribution >= 4 is 27.1 Å². The maximum Gasteiger partial charge on any atom is 0.282 e. The van der Waals surface area contributed by atoms with E-state index >= 15 is 0 Å². The number of aromatic nitrogens is 1. The number of para-hydroxylation sites is 1. The minimum atomic E-state index is -3.43. The van der Waals surface area contributed by atoms with Gasteiger partial charge in [0, 0.05) is 44.7 Å². The van der Waals surface area contributed by atoms with Gasteiger partial charge in [-0.25, -0.2) is 0 Å². The van der Waals surface area contributed by atoms with Crippen LogP contribution in [0, 0.1) is 0 Å². The summed E-state index contributed by atoms with van der Waals surface area (Å²) in [7, 11) is -3.43. The SMILES string of the molecule is O=C(Cc1noc2ccccc12)N1CCN(S(=O)(=O)N2CCCCCC2)CC1. The Kier molecular flexibility index (Phi) is 5.65. The maximum atomic E-state index is 12.9. The predicted octanol–water partition coefficient (Wildman–Crippen LogP) is 1.64. The molecular formula is C19H26N4O4S. The van der Waals surface area contributed by atoms with E-state index in [9.17, 15) is 13.2 Å². The molecule has 2 aromatic rings. The van der Waals surface area contributed by atoms with Crippen LogP contribution in [0.25, 0.3) is 11.0 Å². The Bertz CT molecular complexity index is 926. The van der Waals surface area contributed by atoms with Crippen LogP contribution in [0.2, 0.25) is 0 Å². The summed E-state index contributed by atoms with van der Waals surface area (Å²) < 4.78 is 34.2. The largest absolute Gasteiger partial charge is 0.356 e. The van der Waals surface area contributed by atoms with Crippen molar-refractivity contribution in [2.75, 3.05) is 39.3 Å². The molecule has 28 heavy (non-hydrogen) atoms. The summed E-state index contributed by atoms with van der Waals surface area (Å²) in [5.41, 5.74) is 1.29. The van der Waals surface area contributed by atoms with Gasteiger partial charge in [0.25, 0.3) is 10.2 Å². The zero-order chi connectivity index (χ0) is 19.6. The van der Waals surface area contributed by atoms with Crippen LogP contribution in [0.15, 0.2) is 28.8 Å². The number of hydrogen-bond acceptors (Lipinski definition) is 5. The molecule has 0 unspecified atom stereocenters. The summed E-state index contributed by atoms with van der Waals surface area (Å²) in [4.78, 5) is 14.4. The molecule has 2 fully saturated rings. The molecule has 0 saturated carbocycles. The summed E-state index contributed by atoms with van der Waals surface area (Å²) >= 11 is 0. The zero-order valence-corrected chi connectivity index (χ0v) is 16.7. The van der Waals surface area contributed by atoms with Crippen molar-refractivity contribution in [1.29, 1.82) is 0 Å². The first-order valence-corrected chi connectivity index (χ1v) is 11.3. The molecular weight excluding hydrogens is 380 g/mol. The number of fused-ring (bicyclic) bond motifs is 1. The number of carbonyl (C=O) groups excluding carboxylic acids is 1. The van der Waals surface area contributed by atoms with Gasteiger partial charge in [-0.2, -0.15) is 17.0 Å². The highest BCUT2D eigenvalue weighted by atomic mass is 32.2. The molecule has 0 bridgehead atoms. The van der Waals surface area contributed by atoms with Gasteiger partial charge >= 0.3 is 0 Å². The van der Waals surface area contributed by atoms with E-state index in [1.165, 1.54) is 4.31 Å². The normalized spacial score (nSPS) is 20.4. The van der Waals surface area contributed by atoms with Crippen molar-refractivity contribution in [1.82, 2.24) is 18.7 Å². The van der Waals surface area contributed by atoms with Crippen LogP contribution in [0.4, 0.5) is 0 Å². The molecule has 2 aliphatic heterocycles. The third-order valence-electron chi connectivity index (χ3n) is 5.58. The highest BCUT2D eigenvalue weighted by Crippen LogP contribution is 2.20. The van der Waals surface area contributed by atoms with Gasteiger partial charge in [0.05, 0.1) is 6.42 Å². The Labute approximate surface area is 165 Å². The van der Waals surface area contributed by atoms with Gasteiger partial charge in [-0.05, 0) is 25.0 Å². The second-order valence-corrected chi connectivity index (χ2v) is 9.33. The average molecular weight is 407 g/mol. The second-order valence-electron chi connectivity index (χ2n) is 7.40. The van der Waals surface area contributed by atoms with E-state index in [1.54, 1.807) is 9.21 Å². The first kappa shape index (κ1) is 19.4. The predicted molar refractivity (Wildman–Crippen MR) is 105 cm³/mol. The molecule has 0 radical (unpaired) electrons. The number of hydrogen-bond donors (Lipinski definition) is 0. The van der Waals surface area contributed by atoms with Crippen molar-refractivity contribution in [3.8, 4) is 0 Å². The van der Waals surface area contributed by atoms with E-state index in [4.69, 9.17) is 4.52 Å². The van der Waals surface area contributed by atoms with Crippen LogP contribution in [-0.4, -0.2) is 72.3 Å². The third-order valence-corrected chi connectivity index (χ3v) is 7.62. The van der Waals surface area contributed by atoms with Crippen LogP contribution in [0.3, 0.4) is 0 Å². The van der Waals surface area contributed by atoms with E-state index < -0.39 is 10.2 Å². The molecule has 0 atom stereocenters. The van der Waals surface area contributed by atoms with Gasteiger partial charge in [0.1, 0.15) is 5.69 Å². The third kappa shape index (κ3) is 3.92. The van der Waals surface area contributed by atoms with Crippen molar-refractivity contribution in [3.05, 3.63) is 30.0 Å². The van der Waals surface area contributed by atoms with Crippen LogP contribution in [0.1, 0.15) is 31.4 Å². The lowest BCUT2D eigenvalue weighted by molar-refractivity contribution is -0.131. The molecule has 0 spiro atoms. The fourth-order valence-corrected chi connectivity index (χ4v) is 5.60. The highest BCUT2D eigenvalue weighted by molar-refractivity contribution is 7.86. The second kappa shape index (κ2) is 8.18. The molecule has 2 saturated heterocycles. The lowest BCUT2D eigenvalue weighted by Crippen LogP contribution is -2.54. The minimum absolute atomic E-state index is 0.0501. The molecule has 4 rings (SSSR count). The van der Waals surface area contributed by atoms with Crippen molar-refractivity contribution in [2.45, 2.75) is 32.1 Å². The Morgan fingerprint density at radius 1 is 0.929 bits per heavy atom. The first-order valence-electron chi connectivity index (χ1n) is 9.92. The molecule has 8 nitrogen and oxygen atoms in total. The summed E-state index contributed by atoms with van der Waals surface area (Å²) in [6, 6.07) is 7.46. The molecule has 1 aromatic carbocycles. The van der Waals surface area contributed by atoms with E-state index in [-0.39, 0.29) is 12.3 Å². The fourth-order valence-electron chi connectivity index (χ4n) is 3.92. The quantitative estimate of drug-likeness (QED) is 0.770. The van der Waals surface area contributed by atoms with Gasteiger partial charge in [-0.1, -0.05) is 30.1 Å². The summed E-state index contributed by atoms with van der Waals surface area (Å²) in [5.74, 6) is -0.0501. The average Bonchev–Trinajstić information content (AvgIpc) is 2.92. The summed E-state index contributed by atoms with van der Waals surface area (Å²) in [6.45, 7) is 2.68. The number of carbonyl (C=O) groups is 1. The minimum Gasteiger partial charge on any atom is -0.356 e. The van der Waals surface area contributed by atoms with Gasteiger partial charge < -0.3 is 9.42 Å². The van der Waals surface area contributed by atoms with Crippen LogP contribution in [0.5, 0.6) is 0 Å². The van der Waals surface area contributed by atoms with Crippen molar-refractivity contribution in [2.24, 2.45) is 0 Å². The first-order chi connectivity index (χ1) is 13.6. The number of piperazine rings is 1. The molecule has 9 heteroatoms. The van der Waals surface area contributed by atoms with Crippen LogP contribution in [-0.2, 0) is 21.4 Å². The number of rotatable bonds is 4. The Morgan fingerprint density at radius 2 is 1.57 bits per heavy atom. The van der Waals surface area contributed by atoms with Gasteiger partial charge in [-0.3, -0.25) is 4.79 Å². The molecule has 2 aliphatic rings. The maximum absolute atomic E-state index is 12.9. The zero-order valence-electron chi connectivity index (χ0n) is 15.9. The van der Waals surface area contributed by atoms with Crippen LogP contribution >= 0.6 is 0 Å². The lowest BCUT2D eigenvalue weighted by atomic mass is 10.1. The Morgan fingerprint density at radius 3 is 2.29 bits per heavy atom. The van der Waals surface area contributed by atoms with E-state index in [2.05, 4.69) is 5.16 Å². The number of nitrogens with zero attached hydrogens (tertiary/aromatic N) is 4. The molecule has 3 heterocycles. The Balaban J connectivity index is 1.36. The molecule has 0 N–H and O–H groups in total. The topological polar surface area (TPSA) is 87.0 Å². The molecule has 0 aliphatic carbocycles. The smallest absolute Gasteiger partial charge is 0.282 e. The molecule has 1 amide bonds. The standard InChI is InChI=1S/C19H26N4O4S/c24-19(15-17-16-7-3-4-8-18(16)27-20-17)21-11-13-23(14-12-21)28(25,26)22-9-5-1-2-6-10-22/h3-4,7-8H,1-2,5-6,9-15H2. The van der Waals surface area contributed by atoms with Gasteiger partial charge in [0.2, 0.25) is 5.91 Å². The summed E-state index contributed by atoms with van der Waals surface area (Å²) in [6.07, 6.45) is 4.18. The molecule has 1 aromatic heterocycles. The van der Waals surface area contributed by atoms with Gasteiger partial charge in [-0.15, -0.1) is 0 Å². The molecule has 152 valence electrons. The van der Waals surface area contributed by atoms with E-state index in [0.29, 0.717) is 50.5 Å². The fraction of sp³-hybridized carbons (Fsp3) is 0.579. The number of amides is 1. The lowest BCUT2D eigenvalue weighted by Gasteiger charge is -2.36.